The van der Waals surface area contributed by atoms with Crippen LogP contribution in [-0.4, -0.2) is 14.5 Å². The van der Waals surface area contributed by atoms with Crippen molar-refractivity contribution in [2.45, 2.75) is 12.3 Å². The fourth-order valence-electron chi connectivity index (χ4n) is 9.69. The Morgan fingerprint density at radius 3 is 2.20 bits per heavy atom. The first-order valence-electron chi connectivity index (χ1n) is 20.2. The number of nitrogens with zero attached hydrogens (tertiary/aromatic N) is 3. The average Bonchev–Trinajstić information content (AvgIpc) is 3.98. The van der Waals surface area contributed by atoms with Crippen molar-refractivity contribution in [3.63, 3.8) is 0 Å². The molecule has 0 radical (unpaired) electrons. The summed E-state index contributed by atoms with van der Waals surface area (Å²) in [6, 6.07) is 60.8. The molecule has 4 heterocycles. The Bertz CT molecular complexity index is 3840. The highest BCUT2D eigenvalue weighted by atomic mass is 32.1. The third-order valence-electron chi connectivity index (χ3n) is 12.3. The van der Waals surface area contributed by atoms with Gasteiger partial charge in [-0.25, -0.2) is 9.97 Å². The molecule has 1 atom stereocenters. The molecule has 1 aliphatic carbocycles. The third-order valence-corrected chi connectivity index (χ3v) is 13.5. The monoisotopic (exact) mass is 771 g/mol. The lowest BCUT2D eigenvalue weighted by Crippen LogP contribution is -2.28. The van der Waals surface area contributed by atoms with Crippen LogP contribution in [0.2, 0.25) is 0 Å². The lowest BCUT2D eigenvalue weighted by Gasteiger charge is -2.16. The van der Waals surface area contributed by atoms with Crippen LogP contribution < -0.4 is 10.4 Å². The molecule has 13 rings (SSSR count). The highest BCUT2D eigenvalue weighted by Crippen LogP contribution is 2.45. The van der Waals surface area contributed by atoms with Gasteiger partial charge in [-0.15, -0.1) is 11.3 Å². The van der Waals surface area contributed by atoms with Crippen LogP contribution in [0.1, 0.15) is 18.0 Å². The molecule has 4 nitrogen and oxygen atoms in total. The topological polar surface area (TPSA) is 43.9 Å². The quantitative estimate of drug-likeness (QED) is 0.179. The van der Waals surface area contributed by atoms with E-state index in [0.29, 0.717) is 0 Å². The highest BCUT2D eigenvalue weighted by molar-refractivity contribution is 7.26. The van der Waals surface area contributed by atoms with Gasteiger partial charge in [-0.1, -0.05) is 152 Å². The highest BCUT2D eigenvalue weighted by Gasteiger charge is 2.25. The molecule has 276 valence electrons. The molecule has 1 unspecified atom stereocenters. The van der Waals surface area contributed by atoms with E-state index in [4.69, 9.17) is 14.4 Å². The van der Waals surface area contributed by atoms with Gasteiger partial charge in [0.2, 0.25) is 0 Å². The maximum atomic E-state index is 7.02. The maximum absolute atomic E-state index is 7.02. The summed E-state index contributed by atoms with van der Waals surface area (Å²) in [5, 5.41) is 10.6. The first-order valence-corrected chi connectivity index (χ1v) is 21.0. The molecule has 59 heavy (non-hydrogen) atoms. The van der Waals surface area contributed by atoms with Crippen molar-refractivity contribution in [3.05, 3.63) is 186 Å². The molecule has 0 aliphatic heterocycles. The van der Waals surface area contributed by atoms with Gasteiger partial charge < -0.3 is 8.98 Å². The summed E-state index contributed by atoms with van der Waals surface area (Å²) >= 11 is 1.80. The second-order valence-electron chi connectivity index (χ2n) is 15.6. The molecule has 5 heteroatoms. The molecule has 0 bridgehead atoms. The van der Waals surface area contributed by atoms with Crippen LogP contribution in [-0.2, 0) is 0 Å². The first kappa shape index (κ1) is 32.7. The van der Waals surface area contributed by atoms with Crippen molar-refractivity contribution in [1.82, 2.24) is 14.5 Å². The number of hydrogen-bond donors (Lipinski definition) is 0. The minimum atomic E-state index is 0.127. The second-order valence-corrected chi connectivity index (χ2v) is 16.6. The van der Waals surface area contributed by atoms with E-state index >= 15 is 0 Å². The van der Waals surface area contributed by atoms with E-state index in [2.05, 4.69) is 187 Å². The zero-order chi connectivity index (χ0) is 38.6. The number of furan rings is 1. The molecular formula is C54H33N3OS. The number of hydrogen-bond acceptors (Lipinski definition) is 4. The van der Waals surface area contributed by atoms with Crippen LogP contribution in [0.15, 0.2) is 174 Å². The van der Waals surface area contributed by atoms with Gasteiger partial charge in [-0.2, -0.15) is 0 Å². The molecule has 1 aliphatic rings. The van der Waals surface area contributed by atoms with Crippen molar-refractivity contribution in [1.29, 1.82) is 0 Å². The normalized spacial score (nSPS) is 14.1. The van der Waals surface area contributed by atoms with E-state index in [1.807, 2.05) is 0 Å². The largest absolute Gasteiger partial charge is 0.454 e. The Morgan fingerprint density at radius 1 is 0.576 bits per heavy atom. The van der Waals surface area contributed by atoms with Crippen molar-refractivity contribution >= 4 is 98.3 Å². The number of para-hydroxylation sites is 2. The van der Waals surface area contributed by atoms with Crippen molar-refractivity contribution in [2.24, 2.45) is 0 Å². The summed E-state index contributed by atoms with van der Waals surface area (Å²) < 4.78 is 11.8. The third kappa shape index (κ3) is 4.83. The zero-order valence-corrected chi connectivity index (χ0v) is 32.6. The molecule has 0 amide bonds. The summed E-state index contributed by atoms with van der Waals surface area (Å²) in [4.78, 5) is 10.9. The van der Waals surface area contributed by atoms with Crippen LogP contribution in [0.3, 0.4) is 0 Å². The predicted molar refractivity (Wildman–Crippen MR) is 247 cm³/mol. The van der Waals surface area contributed by atoms with E-state index < -0.39 is 0 Å². The molecule has 0 saturated carbocycles. The summed E-state index contributed by atoms with van der Waals surface area (Å²) in [6.07, 6.45) is 5.63. The molecule has 12 aromatic rings. The summed E-state index contributed by atoms with van der Waals surface area (Å²) in [5.41, 5.74) is 10.4. The minimum Gasteiger partial charge on any atom is -0.454 e. The predicted octanol–water partition coefficient (Wildman–Crippen LogP) is 13.1. The molecule has 8 aromatic carbocycles. The Kier molecular flexibility index (Phi) is 6.97. The standard InChI is InChI=1S/C54H33N3OS/c1-2-15-33(16-3-1)42-31-43-37-19-8-10-24-44(37)57(51(43)38-20-7-6-18-36(38)42)45-25-12-22-40-48-41(23-13-26-46(48)58-52(40)45)54-55-49(35-29-28-32-14-4-5-17-34(32)30-35)53-50(56-54)39-21-9-11-27-47(39)59-53/h1-28,30-31,35H,29H2. The lowest BCUT2D eigenvalue weighted by atomic mass is 9.93. The number of aromatic nitrogens is 3. The molecule has 0 N–H and O–H groups in total. The first-order chi connectivity index (χ1) is 29.3. The van der Waals surface area contributed by atoms with Gasteiger partial charge in [0.15, 0.2) is 11.4 Å². The number of thiophene rings is 1. The van der Waals surface area contributed by atoms with E-state index in [-0.39, 0.29) is 5.92 Å². The molecule has 0 saturated heterocycles. The van der Waals surface area contributed by atoms with Crippen LogP contribution in [0.25, 0.3) is 115 Å². The summed E-state index contributed by atoms with van der Waals surface area (Å²) in [6.45, 7) is 0. The lowest BCUT2D eigenvalue weighted by molar-refractivity contribution is 0.666. The van der Waals surface area contributed by atoms with Gasteiger partial charge in [0, 0.05) is 48.5 Å². The van der Waals surface area contributed by atoms with E-state index in [0.717, 1.165) is 72.2 Å². The van der Waals surface area contributed by atoms with Crippen molar-refractivity contribution in [2.75, 3.05) is 0 Å². The van der Waals surface area contributed by atoms with Gasteiger partial charge >= 0.3 is 0 Å². The van der Waals surface area contributed by atoms with E-state index in [1.165, 1.54) is 53.3 Å². The average molecular weight is 772 g/mol. The Labute approximate surface area is 342 Å². The van der Waals surface area contributed by atoms with Gasteiger partial charge in [-0.3, -0.25) is 0 Å². The molecule has 0 fully saturated rings. The summed E-state index contributed by atoms with van der Waals surface area (Å²) in [7, 11) is 0. The van der Waals surface area contributed by atoms with Gasteiger partial charge in [0.05, 0.1) is 32.6 Å². The van der Waals surface area contributed by atoms with E-state index in [9.17, 15) is 0 Å². The smallest absolute Gasteiger partial charge is 0.160 e. The van der Waals surface area contributed by atoms with Crippen molar-refractivity contribution in [3.8, 4) is 28.2 Å². The van der Waals surface area contributed by atoms with Gasteiger partial charge in [0.1, 0.15) is 5.58 Å². The van der Waals surface area contributed by atoms with Crippen LogP contribution in [0.5, 0.6) is 0 Å². The van der Waals surface area contributed by atoms with E-state index in [1.54, 1.807) is 11.3 Å². The minimum absolute atomic E-state index is 0.127. The SMILES string of the molecule is C1=c2ccccc2=CC(c2nc(-c3cccc4oc5c(-n6c7ccccc7c7cc(-c8ccccc8)c8ccccc8c76)cccc5c34)nc3c2sc2ccccc23)C1. The van der Waals surface area contributed by atoms with Crippen LogP contribution in [0.4, 0.5) is 0 Å². The molecule has 0 spiro atoms. The second kappa shape index (κ2) is 12.6. The van der Waals surface area contributed by atoms with Gasteiger partial charge in [-0.05, 0) is 63.7 Å². The maximum Gasteiger partial charge on any atom is 0.160 e. The number of fused-ring (bicyclic) bond motifs is 12. The van der Waals surface area contributed by atoms with Crippen LogP contribution >= 0.6 is 11.3 Å². The summed E-state index contributed by atoms with van der Waals surface area (Å²) in [5.74, 6) is 0.847. The zero-order valence-electron chi connectivity index (χ0n) is 31.8. The Balaban J connectivity index is 1.08. The molecule has 4 aromatic heterocycles. The number of benzene rings is 8. The fourth-order valence-corrected chi connectivity index (χ4v) is 10.9. The van der Waals surface area contributed by atoms with Crippen LogP contribution in [0, 0.1) is 0 Å². The number of rotatable bonds is 4. The Hall–Kier alpha value is -7.34. The fraction of sp³-hybridized carbons (Fsp3) is 0.0370. The van der Waals surface area contributed by atoms with Gasteiger partial charge in [0.25, 0.3) is 0 Å². The molecular weight excluding hydrogens is 739 g/mol. The Morgan fingerprint density at radius 2 is 1.31 bits per heavy atom. The van der Waals surface area contributed by atoms with Crippen molar-refractivity contribution < 1.29 is 4.42 Å².